The van der Waals surface area contributed by atoms with Gasteiger partial charge >= 0.3 is 0 Å². The SMILES string of the molecule is Cc1nn(C)cc1Cn1c(CCl)nc2cc(Cl)ccc21. The second-order valence-electron chi connectivity index (χ2n) is 4.79. The molecule has 20 heavy (non-hydrogen) atoms. The summed E-state index contributed by atoms with van der Waals surface area (Å²) in [6, 6.07) is 5.71. The van der Waals surface area contributed by atoms with Gasteiger partial charge in [0.1, 0.15) is 5.82 Å². The lowest BCUT2D eigenvalue weighted by Gasteiger charge is -2.06. The molecule has 0 aliphatic carbocycles. The van der Waals surface area contributed by atoms with Crippen molar-refractivity contribution in [2.45, 2.75) is 19.3 Å². The molecule has 0 fully saturated rings. The van der Waals surface area contributed by atoms with Crippen molar-refractivity contribution in [2.24, 2.45) is 7.05 Å². The van der Waals surface area contributed by atoms with Gasteiger partial charge in [-0.05, 0) is 25.1 Å². The van der Waals surface area contributed by atoms with Gasteiger partial charge in [0.25, 0.3) is 0 Å². The van der Waals surface area contributed by atoms with E-state index in [1.807, 2.05) is 43.0 Å². The average Bonchev–Trinajstić information content (AvgIpc) is 2.90. The topological polar surface area (TPSA) is 35.6 Å². The number of rotatable bonds is 3. The first-order valence-electron chi connectivity index (χ1n) is 6.28. The van der Waals surface area contributed by atoms with Crippen molar-refractivity contribution in [3.8, 4) is 0 Å². The number of halogens is 2. The van der Waals surface area contributed by atoms with Crippen LogP contribution in [-0.4, -0.2) is 19.3 Å². The lowest BCUT2D eigenvalue weighted by atomic mass is 10.2. The molecule has 6 heteroatoms. The number of aryl methyl sites for hydroxylation is 2. The van der Waals surface area contributed by atoms with E-state index in [-0.39, 0.29) is 0 Å². The van der Waals surface area contributed by atoms with E-state index in [2.05, 4.69) is 14.6 Å². The first-order chi connectivity index (χ1) is 9.58. The summed E-state index contributed by atoms with van der Waals surface area (Å²) < 4.78 is 3.93. The molecule has 0 saturated heterocycles. The molecule has 3 aromatic rings. The number of hydrogen-bond donors (Lipinski definition) is 0. The second-order valence-corrected chi connectivity index (χ2v) is 5.50. The fourth-order valence-electron chi connectivity index (χ4n) is 2.41. The van der Waals surface area contributed by atoms with Gasteiger partial charge in [0.15, 0.2) is 0 Å². The number of alkyl halides is 1. The highest BCUT2D eigenvalue weighted by molar-refractivity contribution is 6.31. The average molecular weight is 309 g/mol. The summed E-state index contributed by atoms with van der Waals surface area (Å²) in [4.78, 5) is 4.54. The standard InChI is InChI=1S/C14H14Cl2N4/c1-9-10(7-19(2)18-9)8-20-13-4-3-11(16)5-12(13)17-14(20)6-15/h3-5,7H,6,8H2,1-2H3. The maximum atomic E-state index is 6.02. The van der Waals surface area contributed by atoms with Gasteiger partial charge in [-0.3, -0.25) is 4.68 Å². The van der Waals surface area contributed by atoms with Crippen LogP contribution in [-0.2, 0) is 19.5 Å². The quantitative estimate of drug-likeness (QED) is 0.694. The van der Waals surface area contributed by atoms with Crippen molar-refractivity contribution in [1.82, 2.24) is 19.3 Å². The summed E-state index contributed by atoms with van der Waals surface area (Å²) in [6.07, 6.45) is 2.02. The zero-order valence-electron chi connectivity index (χ0n) is 11.3. The molecule has 0 saturated carbocycles. The molecular weight excluding hydrogens is 295 g/mol. The highest BCUT2D eigenvalue weighted by atomic mass is 35.5. The zero-order chi connectivity index (χ0) is 14.3. The fraction of sp³-hybridized carbons (Fsp3) is 0.286. The molecule has 4 nitrogen and oxygen atoms in total. The number of imidazole rings is 1. The Balaban J connectivity index is 2.12. The molecule has 0 atom stereocenters. The van der Waals surface area contributed by atoms with Crippen molar-refractivity contribution in [1.29, 1.82) is 0 Å². The van der Waals surface area contributed by atoms with Crippen LogP contribution in [0.4, 0.5) is 0 Å². The van der Waals surface area contributed by atoms with Gasteiger partial charge in [-0.15, -0.1) is 11.6 Å². The monoisotopic (exact) mass is 308 g/mol. The van der Waals surface area contributed by atoms with Gasteiger partial charge in [-0.1, -0.05) is 11.6 Å². The summed E-state index contributed by atoms with van der Waals surface area (Å²) in [7, 11) is 1.92. The molecule has 0 unspecified atom stereocenters. The molecule has 2 aromatic heterocycles. The van der Waals surface area contributed by atoms with Crippen LogP contribution < -0.4 is 0 Å². The molecule has 104 valence electrons. The molecule has 0 spiro atoms. The van der Waals surface area contributed by atoms with Crippen LogP contribution in [0.3, 0.4) is 0 Å². The maximum absolute atomic E-state index is 6.02. The molecule has 0 N–H and O–H groups in total. The van der Waals surface area contributed by atoms with Crippen LogP contribution in [0.15, 0.2) is 24.4 Å². The van der Waals surface area contributed by atoms with E-state index < -0.39 is 0 Å². The predicted octanol–water partition coefficient (Wildman–Crippen LogP) is 3.52. The Hall–Kier alpha value is -1.52. The molecule has 0 bridgehead atoms. The third-order valence-electron chi connectivity index (χ3n) is 3.35. The number of aromatic nitrogens is 4. The van der Waals surface area contributed by atoms with Crippen LogP contribution in [0.1, 0.15) is 17.1 Å². The first kappa shape index (κ1) is 13.5. The minimum Gasteiger partial charge on any atom is -0.322 e. The van der Waals surface area contributed by atoms with Gasteiger partial charge < -0.3 is 4.57 Å². The predicted molar refractivity (Wildman–Crippen MR) is 81.3 cm³/mol. The van der Waals surface area contributed by atoms with Gasteiger partial charge in [0, 0.05) is 23.8 Å². The lowest BCUT2D eigenvalue weighted by molar-refractivity contribution is 0.754. The summed E-state index contributed by atoms with van der Waals surface area (Å²) in [5, 5.41) is 5.05. The summed E-state index contributed by atoms with van der Waals surface area (Å²) >= 11 is 12.0. The third kappa shape index (κ3) is 2.30. The normalized spacial score (nSPS) is 11.4. The number of benzene rings is 1. The Bertz CT molecular complexity index is 773. The third-order valence-corrected chi connectivity index (χ3v) is 3.83. The van der Waals surface area contributed by atoms with Crippen molar-refractivity contribution < 1.29 is 0 Å². The van der Waals surface area contributed by atoms with Gasteiger partial charge in [0.2, 0.25) is 0 Å². The van der Waals surface area contributed by atoms with Crippen molar-refractivity contribution in [3.63, 3.8) is 0 Å². The Morgan fingerprint density at radius 2 is 2.10 bits per heavy atom. The summed E-state index contributed by atoms with van der Waals surface area (Å²) in [6.45, 7) is 2.71. The smallest absolute Gasteiger partial charge is 0.125 e. The van der Waals surface area contributed by atoms with Crippen LogP contribution in [0, 0.1) is 6.92 Å². The van der Waals surface area contributed by atoms with E-state index >= 15 is 0 Å². The molecule has 1 aromatic carbocycles. The van der Waals surface area contributed by atoms with Crippen LogP contribution in [0.2, 0.25) is 5.02 Å². The van der Waals surface area contributed by atoms with Crippen molar-refractivity contribution >= 4 is 34.2 Å². The number of nitrogens with zero attached hydrogens (tertiary/aromatic N) is 4. The van der Waals surface area contributed by atoms with E-state index in [0.717, 1.165) is 28.1 Å². The Morgan fingerprint density at radius 1 is 1.30 bits per heavy atom. The minimum absolute atomic E-state index is 0.367. The molecule has 0 aliphatic heterocycles. The molecular formula is C14H14Cl2N4. The maximum Gasteiger partial charge on any atom is 0.125 e. The van der Waals surface area contributed by atoms with Gasteiger partial charge in [0.05, 0.1) is 29.2 Å². The Kier molecular flexibility index (Phi) is 3.44. The molecule has 2 heterocycles. The largest absolute Gasteiger partial charge is 0.322 e. The second kappa shape index (κ2) is 5.11. The van der Waals surface area contributed by atoms with E-state index in [9.17, 15) is 0 Å². The van der Waals surface area contributed by atoms with Crippen molar-refractivity contribution in [3.05, 3.63) is 46.5 Å². The summed E-state index contributed by atoms with van der Waals surface area (Å²) in [5.74, 6) is 1.21. The first-order valence-corrected chi connectivity index (χ1v) is 7.19. The highest BCUT2D eigenvalue weighted by Gasteiger charge is 2.13. The van der Waals surface area contributed by atoms with Crippen molar-refractivity contribution in [2.75, 3.05) is 0 Å². The van der Waals surface area contributed by atoms with E-state index in [4.69, 9.17) is 23.2 Å². The molecule has 0 amide bonds. The minimum atomic E-state index is 0.367. The fourth-order valence-corrected chi connectivity index (χ4v) is 2.78. The highest BCUT2D eigenvalue weighted by Crippen LogP contribution is 2.23. The van der Waals surface area contributed by atoms with Crippen LogP contribution >= 0.6 is 23.2 Å². The van der Waals surface area contributed by atoms with Gasteiger partial charge in [-0.2, -0.15) is 5.10 Å². The number of fused-ring (bicyclic) bond motifs is 1. The number of hydrogen-bond acceptors (Lipinski definition) is 2. The van der Waals surface area contributed by atoms with Crippen LogP contribution in [0.5, 0.6) is 0 Å². The van der Waals surface area contributed by atoms with Gasteiger partial charge in [-0.25, -0.2) is 4.98 Å². The summed E-state index contributed by atoms with van der Waals surface area (Å²) in [5.41, 5.74) is 4.08. The van der Waals surface area contributed by atoms with E-state index in [1.165, 1.54) is 0 Å². The molecule has 0 radical (unpaired) electrons. The zero-order valence-corrected chi connectivity index (χ0v) is 12.8. The van der Waals surface area contributed by atoms with Crippen LogP contribution in [0.25, 0.3) is 11.0 Å². The van der Waals surface area contributed by atoms with E-state index in [0.29, 0.717) is 17.4 Å². The molecule has 0 aliphatic rings. The molecule has 3 rings (SSSR count). The van der Waals surface area contributed by atoms with E-state index in [1.54, 1.807) is 0 Å². The lowest BCUT2D eigenvalue weighted by Crippen LogP contribution is -2.04. The Labute approximate surface area is 126 Å². The Morgan fingerprint density at radius 3 is 2.75 bits per heavy atom.